The predicted octanol–water partition coefficient (Wildman–Crippen LogP) is 0.311. The zero-order valence-electron chi connectivity index (χ0n) is 9.98. The van der Waals surface area contributed by atoms with Gasteiger partial charge < -0.3 is 16.4 Å². The van der Waals surface area contributed by atoms with Gasteiger partial charge in [0, 0.05) is 13.1 Å². The van der Waals surface area contributed by atoms with Gasteiger partial charge >= 0.3 is 0 Å². The Labute approximate surface area is 94.7 Å². The molecule has 0 spiro atoms. The molecule has 0 aromatic carbocycles. The van der Waals surface area contributed by atoms with Gasteiger partial charge in [-0.05, 0) is 20.8 Å². The summed E-state index contributed by atoms with van der Waals surface area (Å²) >= 11 is 0. The van der Waals surface area contributed by atoms with E-state index in [1.807, 2.05) is 25.8 Å². The van der Waals surface area contributed by atoms with Crippen molar-refractivity contribution in [2.24, 2.45) is 5.73 Å². The first-order valence-corrected chi connectivity index (χ1v) is 5.01. The number of aromatic nitrogens is 2. The van der Waals surface area contributed by atoms with E-state index >= 15 is 0 Å². The van der Waals surface area contributed by atoms with Crippen LogP contribution in [0.3, 0.4) is 0 Å². The van der Waals surface area contributed by atoms with Crippen LogP contribution in [-0.2, 0) is 0 Å². The van der Waals surface area contributed by atoms with Gasteiger partial charge in [0.2, 0.25) is 0 Å². The van der Waals surface area contributed by atoms with Gasteiger partial charge in [0.05, 0.1) is 5.69 Å². The first kappa shape index (κ1) is 12.2. The zero-order chi connectivity index (χ0) is 12.5. The maximum atomic E-state index is 11.0. The Morgan fingerprint density at radius 2 is 1.94 bits per heavy atom. The summed E-state index contributed by atoms with van der Waals surface area (Å²) in [5.41, 5.74) is 11.4. The Kier molecular flexibility index (Phi) is 3.31. The van der Waals surface area contributed by atoms with Gasteiger partial charge in [0.15, 0.2) is 17.3 Å². The van der Waals surface area contributed by atoms with Gasteiger partial charge in [-0.15, -0.1) is 0 Å². The summed E-state index contributed by atoms with van der Waals surface area (Å²) in [6.45, 7) is 5.83. The molecule has 0 aliphatic heterocycles. The number of carbonyl (C=O) groups is 1. The zero-order valence-corrected chi connectivity index (χ0v) is 9.98. The molecule has 1 rings (SSSR count). The number of carbonyl (C=O) groups excluding carboxylic acids is 1. The van der Waals surface area contributed by atoms with E-state index in [0.717, 1.165) is 0 Å². The summed E-state index contributed by atoms with van der Waals surface area (Å²) in [7, 11) is 1.89. The van der Waals surface area contributed by atoms with Crippen molar-refractivity contribution in [2.75, 3.05) is 17.7 Å². The van der Waals surface area contributed by atoms with Crippen LogP contribution in [0.25, 0.3) is 0 Å². The molecule has 1 amide bonds. The molecule has 1 aromatic rings. The van der Waals surface area contributed by atoms with Crippen LogP contribution in [0, 0.1) is 6.92 Å². The number of primary amides is 1. The van der Waals surface area contributed by atoms with Crippen molar-refractivity contribution in [3.63, 3.8) is 0 Å². The lowest BCUT2D eigenvalue weighted by Crippen LogP contribution is -2.29. The lowest BCUT2D eigenvalue weighted by atomic mass is 10.3. The van der Waals surface area contributed by atoms with Gasteiger partial charge in [0.1, 0.15) is 0 Å². The summed E-state index contributed by atoms with van der Waals surface area (Å²) in [5, 5.41) is 0. The van der Waals surface area contributed by atoms with E-state index in [9.17, 15) is 4.79 Å². The average molecular weight is 223 g/mol. The highest BCUT2D eigenvalue weighted by Gasteiger charge is 2.16. The number of anilines is 2. The van der Waals surface area contributed by atoms with Crippen LogP contribution < -0.4 is 16.4 Å². The molecule has 0 saturated carbocycles. The van der Waals surface area contributed by atoms with Gasteiger partial charge in [-0.1, -0.05) is 0 Å². The molecule has 6 heteroatoms. The lowest BCUT2D eigenvalue weighted by molar-refractivity contribution is 0.0996. The Morgan fingerprint density at radius 1 is 1.38 bits per heavy atom. The van der Waals surface area contributed by atoms with E-state index in [1.54, 1.807) is 6.92 Å². The lowest BCUT2D eigenvalue weighted by Gasteiger charge is -2.24. The van der Waals surface area contributed by atoms with Crippen molar-refractivity contribution in [1.82, 2.24) is 9.97 Å². The Morgan fingerprint density at radius 3 is 2.38 bits per heavy atom. The Bertz CT molecular complexity index is 416. The third-order valence-electron chi connectivity index (χ3n) is 2.41. The van der Waals surface area contributed by atoms with Crippen LogP contribution in [0.4, 0.5) is 11.6 Å². The third-order valence-corrected chi connectivity index (χ3v) is 2.41. The Balaban J connectivity index is 3.25. The predicted molar refractivity (Wildman–Crippen MR) is 63.2 cm³/mol. The van der Waals surface area contributed by atoms with Crippen molar-refractivity contribution in [2.45, 2.75) is 26.8 Å². The first-order valence-electron chi connectivity index (χ1n) is 5.01. The van der Waals surface area contributed by atoms with Gasteiger partial charge in [-0.25, -0.2) is 9.97 Å². The van der Waals surface area contributed by atoms with Crippen molar-refractivity contribution in [3.05, 3.63) is 11.4 Å². The summed E-state index contributed by atoms with van der Waals surface area (Å²) in [5.74, 6) is 0.0740. The second-order valence-electron chi connectivity index (χ2n) is 3.94. The monoisotopic (exact) mass is 223 g/mol. The van der Waals surface area contributed by atoms with E-state index in [-0.39, 0.29) is 17.6 Å². The van der Waals surface area contributed by atoms with Crippen LogP contribution in [0.1, 0.15) is 30.0 Å². The highest BCUT2D eigenvalue weighted by atomic mass is 16.1. The average Bonchev–Trinajstić information content (AvgIpc) is 2.19. The van der Waals surface area contributed by atoms with Crippen LogP contribution in [-0.4, -0.2) is 29.0 Å². The topological polar surface area (TPSA) is 98.1 Å². The van der Waals surface area contributed by atoms with Crippen molar-refractivity contribution in [1.29, 1.82) is 0 Å². The first-order chi connectivity index (χ1) is 7.34. The molecule has 0 atom stereocenters. The van der Waals surface area contributed by atoms with Gasteiger partial charge in [0.25, 0.3) is 5.91 Å². The molecule has 0 aliphatic rings. The van der Waals surface area contributed by atoms with Gasteiger partial charge in [-0.3, -0.25) is 4.79 Å². The number of hydrogen-bond donors (Lipinski definition) is 2. The minimum absolute atomic E-state index is 0.0263. The van der Waals surface area contributed by atoms with E-state index in [2.05, 4.69) is 9.97 Å². The summed E-state index contributed by atoms with van der Waals surface area (Å²) < 4.78 is 0. The highest BCUT2D eigenvalue weighted by Crippen LogP contribution is 2.19. The van der Waals surface area contributed by atoms with Crippen LogP contribution in [0.2, 0.25) is 0 Å². The fourth-order valence-electron chi connectivity index (χ4n) is 1.28. The van der Waals surface area contributed by atoms with E-state index in [1.165, 1.54) is 0 Å². The molecule has 0 aliphatic carbocycles. The number of hydrogen-bond acceptors (Lipinski definition) is 5. The minimum atomic E-state index is -0.660. The Hall–Kier alpha value is -1.85. The number of aryl methyl sites for hydroxylation is 1. The molecule has 0 unspecified atom stereocenters. The molecule has 0 saturated heterocycles. The van der Waals surface area contributed by atoms with Gasteiger partial charge in [-0.2, -0.15) is 0 Å². The molecule has 0 radical (unpaired) electrons. The maximum absolute atomic E-state index is 11.0. The molecule has 1 aromatic heterocycles. The maximum Gasteiger partial charge on any atom is 0.271 e. The van der Waals surface area contributed by atoms with E-state index < -0.39 is 5.91 Å². The molecule has 0 fully saturated rings. The van der Waals surface area contributed by atoms with Crippen LogP contribution in [0.15, 0.2) is 0 Å². The molecular weight excluding hydrogens is 206 g/mol. The third kappa shape index (κ3) is 2.21. The molecule has 88 valence electrons. The number of nitrogen functional groups attached to an aromatic ring is 1. The molecule has 1 heterocycles. The fourth-order valence-corrected chi connectivity index (χ4v) is 1.28. The summed E-state index contributed by atoms with van der Waals surface area (Å²) in [4.78, 5) is 21.2. The SMILES string of the molecule is Cc1nc(C(N)=O)c(N)nc1N(C)C(C)C. The fraction of sp³-hybridized carbons (Fsp3) is 0.500. The quantitative estimate of drug-likeness (QED) is 0.768. The minimum Gasteiger partial charge on any atom is -0.382 e. The number of nitrogens with zero attached hydrogens (tertiary/aromatic N) is 3. The van der Waals surface area contributed by atoms with Crippen molar-refractivity contribution >= 4 is 17.5 Å². The second kappa shape index (κ2) is 4.34. The van der Waals surface area contributed by atoms with E-state index in [4.69, 9.17) is 11.5 Å². The van der Waals surface area contributed by atoms with Crippen molar-refractivity contribution < 1.29 is 4.79 Å². The number of nitrogens with two attached hydrogens (primary N) is 2. The summed E-state index contributed by atoms with van der Waals surface area (Å²) in [6.07, 6.45) is 0. The molecule has 16 heavy (non-hydrogen) atoms. The molecule has 6 nitrogen and oxygen atoms in total. The standard InChI is InChI=1S/C10H17N5O/c1-5(2)15(4)10-6(3)13-7(9(12)16)8(11)14-10/h5H,1-4H3,(H2,11,14)(H2,12,16). The largest absolute Gasteiger partial charge is 0.382 e. The molecule has 4 N–H and O–H groups in total. The second-order valence-corrected chi connectivity index (χ2v) is 3.94. The van der Waals surface area contributed by atoms with Crippen LogP contribution in [0.5, 0.6) is 0 Å². The molecular formula is C10H17N5O. The van der Waals surface area contributed by atoms with Crippen molar-refractivity contribution in [3.8, 4) is 0 Å². The normalized spacial score (nSPS) is 10.6. The number of amides is 1. The molecule has 0 bridgehead atoms. The number of rotatable bonds is 3. The smallest absolute Gasteiger partial charge is 0.271 e. The van der Waals surface area contributed by atoms with E-state index in [0.29, 0.717) is 11.5 Å². The van der Waals surface area contributed by atoms with Crippen LogP contribution >= 0.6 is 0 Å². The summed E-state index contributed by atoms with van der Waals surface area (Å²) in [6, 6.07) is 0.270. The highest BCUT2D eigenvalue weighted by molar-refractivity contribution is 5.95.